The van der Waals surface area contributed by atoms with Crippen molar-refractivity contribution in [1.29, 1.82) is 0 Å². The number of nitrogens with zero attached hydrogens (tertiary/aromatic N) is 3. The van der Waals surface area contributed by atoms with Crippen molar-refractivity contribution >= 4 is 10.0 Å². The Morgan fingerprint density at radius 1 is 1.35 bits per heavy atom. The van der Waals surface area contributed by atoms with Gasteiger partial charge in [-0.15, -0.1) is 0 Å². The summed E-state index contributed by atoms with van der Waals surface area (Å²) in [5, 5.41) is 13.6. The van der Waals surface area contributed by atoms with Crippen LogP contribution in [-0.4, -0.2) is 60.5 Å². The van der Waals surface area contributed by atoms with E-state index in [2.05, 4.69) is 14.7 Å². The molecule has 0 spiro atoms. The summed E-state index contributed by atoms with van der Waals surface area (Å²) in [6, 6.07) is 7.21. The molecule has 0 unspecified atom stereocenters. The van der Waals surface area contributed by atoms with Crippen LogP contribution in [0.15, 0.2) is 41.6 Å². The third kappa shape index (κ3) is 4.32. The summed E-state index contributed by atoms with van der Waals surface area (Å²) in [6.45, 7) is 3.74. The van der Waals surface area contributed by atoms with Crippen LogP contribution in [-0.2, 0) is 10.0 Å². The van der Waals surface area contributed by atoms with Gasteiger partial charge in [-0.1, -0.05) is 12.5 Å². The highest BCUT2D eigenvalue weighted by Gasteiger charge is 2.23. The van der Waals surface area contributed by atoms with Gasteiger partial charge in [0.25, 0.3) is 0 Å². The van der Waals surface area contributed by atoms with Gasteiger partial charge in [-0.2, -0.15) is 5.10 Å². The minimum atomic E-state index is -3.61. The number of sulfonamides is 1. The van der Waals surface area contributed by atoms with E-state index < -0.39 is 10.0 Å². The van der Waals surface area contributed by atoms with Gasteiger partial charge in [0.15, 0.2) is 0 Å². The Morgan fingerprint density at radius 3 is 2.92 bits per heavy atom. The predicted octanol–water partition coefficient (Wildman–Crippen LogP) is 1.31. The van der Waals surface area contributed by atoms with Crippen molar-refractivity contribution in [1.82, 2.24) is 19.4 Å². The van der Waals surface area contributed by atoms with E-state index in [9.17, 15) is 13.5 Å². The zero-order valence-corrected chi connectivity index (χ0v) is 15.8. The SMILES string of the molecule is Cc1ccc(-n2cccn2)cc1S(=O)(=O)NCCN1CCCC[C@@H]1CO. The zero-order chi connectivity index (χ0) is 18.6. The first-order valence-corrected chi connectivity index (χ1v) is 10.4. The van der Waals surface area contributed by atoms with Gasteiger partial charge < -0.3 is 5.11 Å². The van der Waals surface area contributed by atoms with Gasteiger partial charge in [-0.25, -0.2) is 17.8 Å². The van der Waals surface area contributed by atoms with E-state index in [0.717, 1.165) is 25.8 Å². The molecule has 1 aliphatic heterocycles. The predicted molar refractivity (Wildman–Crippen MR) is 99.8 cm³/mol. The molecule has 1 atom stereocenters. The van der Waals surface area contributed by atoms with Crippen LogP contribution in [0, 0.1) is 6.92 Å². The fourth-order valence-corrected chi connectivity index (χ4v) is 4.69. The molecule has 1 aromatic heterocycles. The monoisotopic (exact) mass is 378 g/mol. The van der Waals surface area contributed by atoms with Gasteiger partial charge >= 0.3 is 0 Å². The Labute approximate surface area is 154 Å². The largest absolute Gasteiger partial charge is 0.395 e. The molecule has 0 amide bonds. The lowest BCUT2D eigenvalue weighted by Crippen LogP contribution is -2.45. The minimum absolute atomic E-state index is 0.123. The molecular weight excluding hydrogens is 352 g/mol. The fourth-order valence-electron chi connectivity index (χ4n) is 3.40. The zero-order valence-electron chi connectivity index (χ0n) is 15.0. The summed E-state index contributed by atoms with van der Waals surface area (Å²) in [5.41, 5.74) is 1.40. The Bertz CT molecular complexity index is 821. The van der Waals surface area contributed by atoms with Crippen molar-refractivity contribution in [2.24, 2.45) is 0 Å². The van der Waals surface area contributed by atoms with Crippen molar-refractivity contribution in [3.05, 3.63) is 42.2 Å². The molecule has 26 heavy (non-hydrogen) atoms. The summed E-state index contributed by atoms with van der Waals surface area (Å²) in [6.07, 6.45) is 6.61. The Balaban J connectivity index is 1.69. The van der Waals surface area contributed by atoms with Crippen LogP contribution in [0.3, 0.4) is 0 Å². The van der Waals surface area contributed by atoms with Gasteiger partial charge in [-0.05, 0) is 50.1 Å². The molecule has 8 heteroatoms. The third-order valence-electron chi connectivity index (χ3n) is 4.88. The maximum absolute atomic E-state index is 12.8. The number of likely N-dealkylation sites (tertiary alicyclic amines) is 1. The molecule has 3 rings (SSSR count). The molecule has 0 radical (unpaired) electrons. The van der Waals surface area contributed by atoms with E-state index in [4.69, 9.17) is 0 Å². The molecular formula is C18H26N4O3S. The molecule has 2 N–H and O–H groups in total. The first kappa shape index (κ1) is 19.0. The highest BCUT2D eigenvalue weighted by Crippen LogP contribution is 2.20. The standard InChI is InChI=1S/C18H26N4O3S/c1-15-6-7-16(22-11-4-8-19-22)13-18(15)26(24,25)20-9-12-21-10-3-2-5-17(21)14-23/h4,6-8,11,13,17,20,23H,2-3,5,9-10,12,14H2,1H3/t17-/m1/s1. The number of rotatable bonds is 7. The number of hydrogen-bond donors (Lipinski definition) is 2. The molecule has 2 heterocycles. The third-order valence-corrected chi connectivity index (χ3v) is 6.48. The van der Waals surface area contributed by atoms with Crippen LogP contribution >= 0.6 is 0 Å². The molecule has 2 aromatic rings. The summed E-state index contributed by atoms with van der Waals surface area (Å²) >= 11 is 0. The van der Waals surface area contributed by atoms with Crippen molar-refractivity contribution in [3.8, 4) is 5.69 Å². The number of nitrogens with one attached hydrogen (secondary N) is 1. The van der Waals surface area contributed by atoms with Gasteiger partial charge in [-0.3, -0.25) is 4.90 Å². The summed E-state index contributed by atoms with van der Waals surface area (Å²) in [4.78, 5) is 2.43. The molecule has 0 saturated carbocycles. The van der Waals surface area contributed by atoms with Crippen LogP contribution in [0.2, 0.25) is 0 Å². The van der Waals surface area contributed by atoms with Gasteiger partial charge in [0.05, 0.1) is 17.2 Å². The lowest BCUT2D eigenvalue weighted by molar-refractivity contribution is 0.0923. The van der Waals surface area contributed by atoms with Crippen molar-refractivity contribution in [2.45, 2.75) is 37.1 Å². The maximum atomic E-state index is 12.8. The molecule has 142 valence electrons. The summed E-state index contributed by atoms with van der Waals surface area (Å²) in [5.74, 6) is 0. The second-order valence-electron chi connectivity index (χ2n) is 6.67. The number of aliphatic hydroxyl groups is 1. The van der Waals surface area contributed by atoms with Gasteiger partial charge in [0, 0.05) is 31.5 Å². The number of hydrogen-bond acceptors (Lipinski definition) is 5. The van der Waals surface area contributed by atoms with E-state index in [0.29, 0.717) is 24.3 Å². The van der Waals surface area contributed by atoms with Crippen LogP contribution < -0.4 is 4.72 Å². The van der Waals surface area contributed by atoms with Crippen LogP contribution in [0.5, 0.6) is 0 Å². The molecule has 1 aliphatic rings. The number of piperidine rings is 1. The first-order chi connectivity index (χ1) is 12.5. The molecule has 0 bridgehead atoms. The molecule has 1 saturated heterocycles. The first-order valence-electron chi connectivity index (χ1n) is 8.96. The molecule has 7 nitrogen and oxygen atoms in total. The van der Waals surface area contributed by atoms with E-state index in [1.54, 1.807) is 42.2 Å². The number of benzene rings is 1. The van der Waals surface area contributed by atoms with Crippen LogP contribution in [0.4, 0.5) is 0 Å². The van der Waals surface area contributed by atoms with E-state index >= 15 is 0 Å². The smallest absolute Gasteiger partial charge is 0.240 e. The van der Waals surface area contributed by atoms with Crippen molar-refractivity contribution < 1.29 is 13.5 Å². The summed E-state index contributed by atoms with van der Waals surface area (Å²) < 4.78 is 29.9. The number of aryl methyl sites for hydroxylation is 1. The van der Waals surface area contributed by atoms with Crippen LogP contribution in [0.25, 0.3) is 5.69 Å². The quantitative estimate of drug-likeness (QED) is 0.758. The Morgan fingerprint density at radius 2 is 2.19 bits per heavy atom. The topological polar surface area (TPSA) is 87.5 Å². The Hall–Kier alpha value is -1.74. The average Bonchev–Trinajstić information content (AvgIpc) is 3.17. The van der Waals surface area contributed by atoms with Crippen LogP contribution in [0.1, 0.15) is 24.8 Å². The highest BCUT2D eigenvalue weighted by molar-refractivity contribution is 7.89. The lowest BCUT2D eigenvalue weighted by atomic mass is 10.0. The average molecular weight is 378 g/mol. The second-order valence-corrected chi connectivity index (χ2v) is 8.40. The summed E-state index contributed by atoms with van der Waals surface area (Å²) in [7, 11) is -3.61. The van der Waals surface area contributed by atoms with E-state index in [1.807, 2.05) is 6.07 Å². The van der Waals surface area contributed by atoms with E-state index in [1.165, 1.54) is 0 Å². The Kier molecular flexibility index (Phi) is 6.08. The minimum Gasteiger partial charge on any atom is -0.395 e. The highest BCUT2D eigenvalue weighted by atomic mass is 32.2. The normalized spacial score (nSPS) is 18.9. The van der Waals surface area contributed by atoms with E-state index in [-0.39, 0.29) is 17.5 Å². The molecule has 1 aromatic carbocycles. The number of aliphatic hydroxyl groups excluding tert-OH is 1. The number of aromatic nitrogens is 2. The fraction of sp³-hybridized carbons (Fsp3) is 0.500. The van der Waals surface area contributed by atoms with Gasteiger partial charge in [0.1, 0.15) is 0 Å². The lowest BCUT2D eigenvalue weighted by Gasteiger charge is -2.34. The van der Waals surface area contributed by atoms with Crippen molar-refractivity contribution in [3.63, 3.8) is 0 Å². The molecule has 0 aliphatic carbocycles. The maximum Gasteiger partial charge on any atom is 0.240 e. The van der Waals surface area contributed by atoms with Gasteiger partial charge in [0.2, 0.25) is 10.0 Å². The second kappa shape index (κ2) is 8.30. The van der Waals surface area contributed by atoms with Crippen molar-refractivity contribution in [2.75, 3.05) is 26.2 Å². The molecule has 1 fully saturated rings.